The summed E-state index contributed by atoms with van der Waals surface area (Å²) in [5.41, 5.74) is 0.991. The van der Waals surface area contributed by atoms with Gasteiger partial charge < -0.3 is 0 Å². The lowest BCUT2D eigenvalue weighted by Crippen LogP contribution is -2.24. The van der Waals surface area contributed by atoms with Crippen molar-refractivity contribution in [2.75, 3.05) is 0 Å². The van der Waals surface area contributed by atoms with Crippen molar-refractivity contribution < 1.29 is 13.3 Å². The maximum Gasteiger partial charge on any atom is 0.289 e. The number of hydrogen-bond acceptors (Lipinski definition) is 5. The highest BCUT2D eigenvalue weighted by molar-refractivity contribution is 9.10. The molecule has 23 heavy (non-hydrogen) atoms. The first-order valence-electron chi connectivity index (χ1n) is 6.71. The second-order valence-corrected chi connectivity index (χ2v) is 7.26. The number of rotatable bonds is 6. The average molecular weight is 403 g/mol. The van der Waals surface area contributed by atoms with Gasteiger partial charge in [-0.1, -0.05) is 19.1 Å². The third kappa shape index (κ3) is 3.59. The summed E-state index contributed by atoms with van der Waals surface area (Å²) in [7, 11) is -2.26. The maximum absolute atomic E-state index is 12.3. The third-order valence-electron chi connectivity index (χ3n) is 3.28. The van der Waals surface area contributed by atoms with E-state index in [4.69, 9.17) is 0 Å². The van der Waals surface area contributed by atoms with Gasteiger partial charge in [-0.15, -0.1) is 0 Å². The molecule has 0 saturated carbocycles. The standard InChI is InChI=1S/C13H15BrN4O4S/c1-3-10-13(14)9(16-17(10)2)8-15-23(21,22)12-7-5-4-6-11(12)18(19)20/h4-7,15H,3,8H2,1-2H3. The molecule has 1 aromatic heterocycles. The normalized spacial score (nSPS) is 11.6. The van der Waals surface area contributed by atoms with Crippen LogP contribution in [0.3, 0.4) is 0 Å². The van der Waals surface area contributed by atoms with Crippen LogP contribution in [0.25, 0.3) is 0 Å². The van der Waals surface area contributed by atoms with Crippen LogP contribution >= 0.6 is 15.9 Å². The van der Waals surface area contributed by atoms with E-state index >= 15 is 0 Å². The molecule has 8 nitrogen and oxygen atoms in total. The van der Waals surface area contributed by atoms with Gasteiger partial charge >= 0.3 is 0 Å². The van der Waals surface area contributed by atoms with Crippen LogP contribution in [0.4, 0.5) is 5.69 Å². The Labute approximate surface area is 141 Å². The molecule has 10 heteroatoms. The van der Waals surface area contributed by atoms with Crippen LogP contribution in [-0.2, 0) is 30.0 Å². The van der Waals surface area contributed by atoms with E-state index in [2.05, 4.69) is 25.8 Å². The van der Waals surface area contributed by atoms with Gasteiger partial charge in [-0.05, 0) is 28.4 Å². The van der Waals surface area contributed by atoms with Gasteiger partial charge in [0.2, 0.25) is 10.0 Å². The summed E-state index contributed by atoms with van der Waals surface area (Å²) in [6.07, 6.45) is 0.737. The van der Waals surface area contributed by atoms with Gasteiger partial charge in [-0.25, -0.2) is 13.1 Å². The number of sulfonamides is 1. The van der Waals surface area contributed by atoms with Gasteiger partial charge in [-0.3, -0.25) is 14.8 Å². The molecule has 0 aliphatic carbocycles. The quantitative estimate of drug-likeness (QED) is 0.587. The van der Waals surface area contributed by atoms with E-state index < -0.39 is 20.6 Å². The number of halogens is 1. The molecule has 0 spiro atoms. The van der Waals surface area contributed by atoms with E-state index in [1.54, 1.807) is 11.7 Å². The Morgan fingerprint density at radius 2 is 2.04 bits per heavy atom. The molecular formula is C13H15BrN4O4S. The number of aromatic nitrogens is 2. The predicted octanol–water partition coefficient (Wildman–Crippen LogP) is 2.13. The van der Waals surface area contributed by atoms with Crippen molar-refractivity contribution in [3.8, 4) is 0 Å². The molecule has 1 N–H and O–H groups in total. The van der Waals surface area contributed by atoms with Gasteiger partial charge in [0.1, 0.15) is 0 Å². The molecule has 0 amide bonds. The third-order valence-corrected chi connectivity index (χ3v) is 5.65. The molecule has 0 unspecified atom stereocenters. The molecule has 0 radical (unpaired) electrons. The Morgan fingerprint density at radius 1 is 1.39 bits per heavy atom. The summed E-state index contributed by atoms with van der Waals surface area (Å²) in [6, 6.07) is 5.21. The molecule has 0 atom stereocenters. The van der Waals surface area contributed by atoms with Crippen LogP contribution in [-0.4, -0.2) is 23.1 Å². The number of nitro groups is 1. The van der Waals surface area contributed by atoms with Crippen molar-refractivity contribution in [1.82, 2.24) is 14.5 Å². The predicted molar refractivity (Wildman–Crippen MR) is 87.4 cm³/mol. The first-order chi connectivity index (χ1) is 10.8. The summed E-state index contributed by atoms with van der Waals surface area (Å²) in [6.45, 7) is 1.89. The zero-order chi connectivity index (χ0) is 17.2. The maximum atomic E-state index is 12.3. The Kier molecular flexibility index (Phi) is 5.17. The zero-order valence-corrected chi connectivity index (χ0v) is 14.9. The fourth-order valence-corrected chi connectivity index (χ4v) is 4.08. The molecule has 0 bridgehead atoms. The Hall–Kier alpha value is -1.78. The number of nitrogens with one attached hydrogen (secondary N) is 1. The van der Waals surface area contributed by atoms with Crippen molar-refractivity contribution >= 4 is 31.6 Å². The number of nitro benzene ring substituents is 1. The first-order valence-corrected chi connectivity index (χ1v) is 8.99. The Morgan fingerprint density at radius 3 is 2.61 bits per heavy atom. The van der Waals surface area contributed by atoms with Crippen molar-refractivity contribution in [1.29, 1.82) is 0 Å². The van der Waals surface area contributed by atoms with Crippen LogP contribution in [0, 0.1) is 10.1 Å². The highest BCUT2D eigenvalue weighted by Crippen LogP contribution is 2.24. The highest BCUT2D eigenvalue weighted by Gasteiger charge is 2.25. The van der Waals surface area contributed by atoms with Gasteiger partial charge in [0.25, 0.3) is 5.69 Å². The number of hydrogen-bond donors (Lipinski definition) is 1. The largest absolute Gasteiger partial charge is 0.289 e. The second-order valence-electron chi connectivity index (χ2n) is 4.73. The lowest BCUT2D eigenvalue weighted by Gasteiger charge is -2.06. The highest BCUT2D eigenvalue weighted by atomic mass is 79.9. The lowest BCUT2D eigenvalue weighted by atomic mass is 10.3. The fourth-order valence-electron chi connectivity index (χ4n) is 2.17. The van der Waals surface area contributed by atoms with E-state index in [9.17, 15) is 18.5 Å². The molecule has 0 aliphatic heterocycles. The van der Waals surface area contributed by atoms with E-state index in [0.717, 1.165) is 22.7 Å². The van der Waals surface area contributed by atoms with Crippen molar-refractivity contribution in [2.45, 2.75) is 24.8 Å². The SMILES string of the molecule is CCc1c(Br)c(CNS(=O)(=O)c2ccccc2[N+](=O)[O-])nn1C. The van der Waals surface area contributed by atoms with Crippen LogP contribution < -0.4 is 4.72 Å². The van der Waals surface area contributed by atoms with Crippen LogP contribution in [0.15, 0.2) is 33.6 Å². The minimum Gasteiger partial charge on any atom is -0.271 e. The number of nitrogens with zero attached hydrogens (tertiary/aromatic N) is 3. The zero-order valence-electron chi connectivity index (χ0n) is 12.5. The van der Waals surface area contributed by atoms with E-state index in [1.165, 1.54) is 18.2 Å². The molecular weight excluding hydrogens is 388 g/mol. The van der Waals surface area contributed by atoms with Gasteiger partial charge in [0, 0.05) is 13.1 Å². The van der Waals surface area contributed by atoms with Crippen molar-refractivity contribution in [2.24, 2.45) is 7.05 Å². The molecule has 0 saturated heterocycles. The van der Waals surface area contributed by atoms with Gasteiger partial charge in [-0.2, -0.15) is 5.10 Å². The molecule has 0 aliphatic rings. The van der Waals surface area contributed by atoms with Crippen LogP contribution in [0.2, 0.25) is 0 Å². The number of benzene rings is 1. The second kappa shape index (κ2) is 6.77. The molecule has 1 heterocycles. The van der Waals surface area contributed by atoms with Crippen LogP contribution in [0.1, 0.15) is 18.3 Å². The summed E-state index contributed by atoms with van der Waals surface area (Å²) in [4.78, 5) is 9.88. The Balaban J connectivity index is 2.28. The molecule has 2 rings (SSSR count). The van der Waals surface area contributed by atoms with E-state index in [-0.39, 0.29) is 11.4 Å². The first kappa shape index (κ1) is 17.6. The average Bonchev–Trinajstić information content (AvgIpc) is 2.79. The monoisotopic (exact) mass is 402 g/mol. The summed E-state index contributed by atoms with van der Waals surface area (Å²) < 4.78 is 29.4. The van der Waals surface area contributed by atoms with Crippen molar-refractivity contribution in [3.63, 3.8) is 0 Å². The smallest absolute Gasteiger partial charge is 0.271 e. The molecule has 1 aromatic carbocycles. The number of para-hydroxylation sites is 1. The summed E-state index contributed by atoms with van der Waals surface area (Å²) >= 11 is 3.40. The molecule has 0 fully saturated rings. The number of aryl methyl sites for hydroxylation is 1. The van der Waals surface area contributed by atoms with Crippen molar-refractivity contribution in [3.05, 3.63) is 50.2 Å². The van der Waals surface area contributed by atoms with E-state index in [1.807, 2.05) is 6.92 Å². The van der Waals surface area contributed by atoms with Gasteiger partial charge in [0.05, 0.1) is 27.3 Å². The van der Waals surface area contributed by atoms with E-state index in [0.29, 0.717) is 5.69 Å². The minimum absolute atomic E-state index is 0.0667. The fraction of sp³-hybridized carbons (Fsp3) is 0.308. The Bertz CT molecular complexity index is 848. The molecule has 124 valence electrons. The summed E-state index contributed by atoms with van der Waals surface area (Å²) in [5, 5.41) is 15.2. The van der Waals surface area contributed by atoms with Gasteiger partial charge in [0.15, 0.2) is 4.90 Å². The van der Waals surface area contributed by atoms with Crippen LogP contribution in [0.5, 0.6) is 0 Å². The minimum atomic E-state index is -4.02. The topological polar surface area (TPSA) is 107 Å². The molecule has 2 aromatic rings. The summed E-state index contributed by atoms with van der Waals surface area (Å²) in [5.74, 6) is 0. The lowest BCUT2D eigenvalue weighted by molar-refractivity contribution is -0.387.